The number of aromatic nitrogens is 2. The fourth-order valence-electron chi connectivity index (χ4n) is 0.973. The fourth-order valence-corrected chi connectivity index (χ4v) is 0.973. The number of nitrogens with zero attached hydrogens (tertiary/aromatic N) is 1. The molecule has 0 saturated carbocycles. The van der Waals surface area contributed by atoms with E-state index in [1.165, 1.54) is 0 Å². The summed E-state index contributed by atoms with van der Waals surface area (Å²) in [5.74, 6) is -1.68. The first-order valence-corrected chi connectivity index (χ1v) is 3.35. The highest BCUT2D eigenvalue weighted by molar-refractivity contribution is 5.75. The number of fused-ring (bicyclic) bond motifs is 1. The van der Waals surface area contributed by atoms with Crippen LogP contribution in [-0.2, 0) is 0 Å². The minimum Gasteiger partial charge on any atom is -0.372 e. The van der Waals surface area contributed by atoms with E-state index < -0.39 is 17.3 Å². The summed E-state index contributed by atoms with van der Waals surface area (Å²) < 4.78 is 16.7. The van der Waals surface area contributed by atoms with Gasteiger partial charge in [-0.2, -0.15) is 4.39 Å². The molecule has 0 aliphatic carbocycles. The summed E-state index contributed by atoms with van der Waals surface area (Å²) in [5.41, 5.74) is -0.720. The Balaban J connectivity index is 3.04. The normalized spacial score (nSPS) is 10.5. The zero-order valence-electron chi connectivity index (χ0n) is 6.20. The van der Waals surface area contributed by atoms with Crippen LogP contribution >= 0.6 is 0 Å². The molecule has 0 aliphatic rings. The van der Waals surface area contributed by atoms with Gasteiger partial charge in [-0.05, 0) is 0 Å². The van der Waals surface area contributed by atoms with Crippen molar-refractivity contribution in [1.82, 2.24) is 9.97 Å². The van der Waals surface area contributed by atoms with Gasteiger partial charge in [-0.25, -0.2) is 14.6 Å². The van der Waals surface area contributed by atoms with Crippen molar-refractivity contribution in [1.29, 1.82) is 0 Å². The molecule has 66 valence electrons. The third-order valence-electron chi connectivity index (χ3n) is 1.51. The second-order valence-electron chi connectivity index (χ2n) is 2.35. The van der Waals surface area contributed by atoms with Gasteiger partial charge in [-0.15, -0.1) is 0 Å². The molecule has 0 spiro atoms. The van der Waals surface area contributed by atoms with E-state index in [2.05, 4.69) is 14.4 Å². The average molecular weight is 182 g/mol. The standard InChI is InChI=1S/C7H3FN2O3/c8-5-1-3-4(2-9-5)10-7(12)13-6(3)11/h1-2H,(H,10,12). The van der Waals surface area contributed by atoms with Crippen molar-refractivity contribution in [2.45, 2.75) is 0 Å². The number of H-pyrrole nitrogens is 1. The molecule has 0 atom stereocenters. The number of aromatic amines is 1. The first-order valence-electron chi connectivity index (χ1n) is 3.35. The summed E-state index contributed by atoms with van der Waals surface area (Å²) in [6.45, 7) is 0. The van der Waals surface area contributed by atoms with E-state index in [0.717, 1.165) is 12.3 Å². The SMILES string of the molecule is O=c1[nH]c2cnc(F)cc2c(=O)o1. The Kier molecular flexibility index (Phi) is 1.48. The van der Waals surface area contributed by atoms with Crippen LogP contribution < -0.4 is 11.4 Å². The molecule has 6 heteroatoms. The van der Waals surface area contributed by atoms with Gasteiger partial charge in [0, 0.05) is 6.07 Å². The molecule has 0 aliphatic heterocycles. The molecule has 0 unspecified atom stereocenters. The average Bonchev–Trinajstić information content (AvgIpc) is 2.06. The molecule has 0 amide bonds. The summed E-state index contributed by atoms with van der Waals surface area (Å²) in [5, 5.41) is -0.0351. The van der Waals surface area contributed by atoms with Gasteiger partial charge in [-0.3, -0.25) is 4.98 Å². The molecule has 13 heavy (non-hydrogen) atoms. The van der Waals surface area contributed by atoms with Gasteiger partial charge in [0.05, 0.1) is 17.1 Å². The minimum atomic E-state index is -0.883. The van der Waals surface area contributed by atoms with Crippen LogP contribution in [0.5, 0.6) is 0 Å². The molecule has 1 N–H and O–H groups in total. The van der Waals surface area contributed by atoms with Gasteiger partial charge >= 0.3 is 11.4 Å². The summed E-state index contributed by atoms with van der Waals surface area (Å²) in [6.07, 6.45) is 1.06. The highest BCUT2D eigenvalue weighted by atomic mass is 19.1. The van der Waals surface area contributed by atoms with Crippen molar-refractivity contribution in [2.75, 3.05) is 0 Å². The second-order valence-corrected chi connectivity index (χ2v) is 2.35. The molecular weight excluding hydrogens is 179 g/mol. The van der Waals surface area contributed by atoms with E-state index in [1.54, 1.807) is 0 Å². The van der Waals surface area contributed by atoms with E-state index in [1.807, 2.05) is 0 Å². The zero-order valence-corrected chi connectivity index (χ0v) is 6.20. The summed E-state index contributed by atoms with van der Waals surface area (Å²) in [7, 11) is 0. The Labute approximate surface area is 69.8 Å². The van der Waals surface area contributed by atoms with Crippen LogP contribution in [-0.4, -0.2) is 9.97 Å². The minimum absolute atomic E-state index is 0.0351. The van der Waals surface area contributed by atoms with E-state index in [-0.39, 0.29) is 10.9 Å². The smallest absolute Gasteiger partial charge is 0.372 e. The molecule has 0 bridgehead atoms. The quantitative estimate of drug-likeness (QED) is 0.582. The zero-order chi connectivity index (χ0) is 9.42. The lowest BCUT2D eigenvalue weighted by atomic mass is 10.3. The number of hydrogen-bond acceptors (Lipinski definition) is 4. The van der Waals surface area contributed by atoms with E-state index in [0.29, 0.717) is 0 Å². The van der Waals surface area contributed by atoms with Crippen molar-refractivity contribution in [3.05, 3.63) is 39.2 Å². The molecule has 0 aromatic carbocycles. The highest BCUT2D eigenvalue weighted by Crippen LogP contribution is 2.03. The van der Waals surface area contributed by atoms with Crippen LogP contribution in [0.15, 0.2) is 26.3 Å². The number of nitrogens with one attached hydrogen (secondary N) is 1. The molecule has 5 nitrogen and oxygen atoms in total. The summed E-state index contributed by atoms with van der Waals surface area (Å²) >= 11 is 0. The van der Waals surface area contributed by atoms with Gasteiger partial charge in [0.2, 0.25) is 5.95 Å². The Morgan fingerprint density at radius 2 is 2.23 bits per heavy atom. The molecule has 2 aromatic heterocycles. The summed E-state index contributed by atoms with van der Waals surface area (Å²) in [4.78, 5) is 27.1. The maximum absolute atomic E-state index is 12.5. The predicted octanol–water partition coefficient (Wildman–Crippen LogP) is 0.0154. The molecule has 0 saturated heterocycles. The maximum atomic E-state index is 12.5. The van der Waals surface area contributed by atoms with Crippen molar-refractivity contribution in [3.63, 3.8) is 0 Å². The molecule has 2 aromatic rings. The number of hydrogen-bond donors (Lipinski definition) is 1. The van der Waals surface area contributed by atoms with Gasteiger partial charge in [0.15, 0.2) is 0 Å². The lowest BCUT2D eigenvalue weighted by Gasteiger charge is -1.92. The molecule has 2 heterocycles. The first-order chi connectivity index (χ1) is 6.16. The van der Waals surface area contributed by atoms with Crippen LogP contribution in [0, 0.1) is 5.95 Å². The lowest BCUT2D eigenvalue weighted by Crippen LogP contribution is -2.14. The van der Waals surface area contributed by atoms with Crippen molar-refractivity contribution in [3.8, 4) is 0 Å². The summed E-state index contributed by atoms with van der Waals surface area (Å²) in [6, 6.07) is 0.900. The number of pyridine rings is 1. The first kappa shape index (κ1) is 7.66. The Morgan fingerprint density at radius 3 is 3.00 bits per heavy atom. The van der Waals surface area contributed by atoms with E-state index in [4.69, 9.17) is 0 Å². The third-order valence-corrected chi connectivity index (χ3v) is 1.51. The highest BCUT2D eigenvalue weighted by Gasteiger charge is 2.03. The van der Waals surface area contributed by atoms with Crippen LogP contribution in [0.4, 0.5) is 4.39 Å². The Morgan fingerprint density at radius 1 is 1.46 bits per heavy atom. The number of rotatable bonds is 0. The number of halogens is 1. The lowest BCUT2D eigenvalue weighted by molar-refractivity contribution is 0.459. The second kappa shape index (κ2) is 2.51. The van der Waals surface area contributed by atoms with E-state index >= 15 is 0 Å². The monoisotopic (exact) mass is 182 g/mol. The van der Waals surface area contributed by atoms with Crippen molar-refractivity contribution in [2.24, 2.45) is 0 Å². The van der Waals surface area contributed by atoms with Crippen LogP contribution in [0.3, 0.4) is 0 Å². The van der Waals surface area contributed by atoms with Crippen molar-refractivity contribution >= 4 is 10.9 Å². The van der Waals surface area contributed by atoms with E-state index in [9.17, 15) is 14.0 Å². The van der Waals surface area contributed by atoms with Gasteiger partial charge in [0.25, 0.3) is 0 Å². The van der Waals surface area contributed by atoms with Crippen molar-refractivity contribution < 1.29 is 8.81 Å². The van der Waals surface area contributed by atoms with Gasteiger partial charge in [-0.1, -0.05) is 0 Å². The fraction of sp³-hybridized carbons (Fsp3) is 0. The Hall–Kier alpha value is -1.98. The molecular formula is C7H3FN2O3. The van der Waals surface area contributed by atoms with Crippen LogP contribution in [0.2, 0.25) is 0 Å². The van der Waals surface area contributed by atoms with Crippen LogP contribution in [0.1, 0.15) is 0 Å². The maximum Gasteiger partial charge on any atom is 0.419 e. The topological polar surface area (TPSA) is 76.0 Å². The molecule has 2 rings (SSSR count). The van der Waals surface area contributed by atoms with Crippen LogP contribution in [0.25, 0.3) is 10.9 Å². The third kappa shape index (κ3) is 1.22. The predicted molar refractivity (Wildman–Crippen MR) is 40.9 cm³/mol. The van der Waals surface area contributed by atoms with Gasteiger partial charge in [0.1, 0.15) is 0 Å². The molecule has 0 radical (unpaired) electrons. The van der Waals surface area contributed by atoms with Gasteiger partial charge < -0.3 is 4.42 Å². The Bertz CT molecular complexity index is 572. The largest absolute Gasteiger partial charge is 0.419 e. The molecule has 0 fully saturated rings.